The lowest BCUT2D eigenvalue weighted by Gasteiger charge is -2.22. The van der Waals surface area contributed by atoms with Crippen LogP contribution in [-0.2, 0) is 14.3 Å². The molecule has 0 saturated carbocycles. The van der Waals surface area contributed by atoms with Crippen molar-refractivity contribution in [3.63, 3.8) is 0 Å². The first-order chi connectivity index (χ1) is 10.5. The number of carbonyl (C=O) groups excluding carboxylic acids is 3. The van der Waals surface area contributed by atoms with Crippen molar-refractivity contribution in [3.05, 3.63) is 0 Å². The summed E-state index contributed by atoms with van der Waals surface area (Å²) < 4.78 is 5.07. The van der Waals surface area contributed by atoms with Gasteiger partial charge in [0.05, 0.1) is 17.8 Å². The fourth-order valence-corrected chi connectivity index (χ4v) is 1.91. The van der Waals surface area contributed by atoms with E-state index in [1.165, 1.54) is 0 Å². The van der Waals surface area contributed by atoms with Crippen LogP contribution in [0.3, 0.4) is 0 Å². The molecule has 8 heteroatoms. The number of amides is 2. The van der Waals surface area contributed by atoms with Crippen LogP contribution in [-0.4, -0.2) is 47.8 Å². The Labute approximate surface area is 143 Å². The van der Waals surface area contributed by atoms with Crippen molar-refractivity contribution in [3.8, 4) is 0 Å². The van der Waals surface area contributed by atoms with E-state index in [1.807, 2.05) is 13.8 Å². The first-order valence-electron chi connectivity index (χ1n) is 7.64. The SMILES string of the molecule is CC(C)C[C@H](NC(=O)C(S)CNC(=O)OC(C)(C)C)C(=O)CN. The van der Waals surface area contributed by atoms with E-state index < -0.39 is 28.9 Å². The first-order valence-corrected chi connectivity index (χ1v) is 8.16. The molecule has 0 aromatic carbocycles. The van der Waals surface area contributed by atoms with Crippen molar-refractivity contribution in [2.45, 2.75) is 57.9 Å². The van der Waals surface area contributed by atoms with Crippen LogP contribution in [0.2, 0.25) is 0 Å². The Morgan fingerprint density at radius 3 is 2.22 bits per heavy atom. The topological polar surface area (TPSA) is 111 Å². The zero-order valence-electron chi connectivity index (χ0n) is 14.5. The average molecular weight is 347 g/mol. The normalized spacial score (nSPS) is 14.1. The van der Waals surface area contributed by atoms with Gasteiger partial charge in [0.15, 0.2) is 5.78 Å². The lowest BCUT2D eigenvalue weighted by molar-refractivity contribution is -0.127. The Hall–Kier alpha value is -1.28. The number of alkyl carbamates (subject to hydrolysis) is 1. The predicted octanol–water partition coefficient (Wildman–Crippen LogP) is 0.868. The van der Waals surface area contributed by atoms with Crippen molar-refractivity contribution in [1.29, 1.82) is 0 Å². The third-order valence-electron chi connectivity index (χ3n) is 2.75. The summed E-state index contributed by atoms with van der Waals surface area (Å²) in [4.78, 5) is 35.4. The molecule has 134 valence electrons. The molecule has 0 saturated heterocycles. The van der Waals surface area contributed by atoms with Gasteiger partial charge < -0.3 is 21.1 Å². The first kappa shape index (κ1) is 21.7. The van der Waals surface area contributed by atoms with E-state index in [-0.39, 0.29) is 24.8 Å². The van der Waals surface area contributed by atoms with E-state index in [2.05, 4.69) is 23.3 Å². The molecule has 0 spiro atoms. The number of rotatable bonds is 8. The minimum absolute atomic E-state index is 0.00489. The Kier molecular flexibility index (Phi) is 9.23. The number of nitrogens with one attached hydrogen (secondary N) is 2. The van der Waals surface area contributed by atoms with Crippen LogP contribution in [0.1, 0.15) is 41.0 Å². The van der Waals surface area contributed by atoms with E-state index in [0.717, 1.165) is 0 Å². The van der Waals surface area contributed by atoms with Crippen LogP contribution in [0.25, 0.3) is 0 Å². The summed E-state index contributed by atoms with van der Waals surface area (Å²) in [6.45, 7) is 8.99. The highest BCUT2D eigenvalue weighted by Gasteiger charge is 2.24. The summed E-state index contributed by atoms with van der Waals surface area (Å²) in [7, 11) is 0. The quantitative estimate of drug-likeness (QED) is 0.487. The molecule has 23 heavy (non-hydrogen) atoms. The van der Waals surface area contributed by atoms with E-state index in [1.54, 1.807) is 20.8 Å². The molecule has 0 rings (SSSR count). The minimum atomic E-state index is -0.789. The van der Waals surface area contributed by atoms with E-state index in [0.29, 0.717) is 6.42 Å². The molecule has 0 radical (unpaired) electrons. The van der Waals surface area contributed by atoms with Gasteiger partial charge in [-0.1, -0.05) is 13.8 Å². The average Bonchev–Trinajstić information content (AvgIpc) is 2.40. The van der Waals surface area contributed by atoms with Crippen molar-refractivity contribution in [2.75, 3.05) is 13.1 Å². The molecule has 2 amide bonds. The number of hydrogen-bond donors (Lipinski definition) is 4. The summed E-state index contributed by atoms with van der Waals surface area (Å²) in [6, 6.07) is -0.635. The number of carbonyl (C=O) groups is 3. The van der Waals surface area contributed by atoms with Gasteiger partial charge in [-0.3, -0.25) is 9.59 Å². The highest BCUT2D eigenvalue weighted by atomic mass is 32.1. The Morgan fingerprint density at radius 1 is 1.22 bits per heavy atom. The predicted molar refractivity (Wildman–Crippen MR) is 92.5 cm³/mol. The fourth-order valence-electron chi connectivity index (χ4n) is 1.74. The molecule has 0 aromatic rings. The van der Waals surface area contributed by atoms with Crippen LogP contribution < -0.4 is 16.4 Å². The van der Waals surface area contributed by atoms with Crippen LogP contribution in [0.4, 0.5) is 4.79 Å². The highest BCUT2D eigenvalue weighted by Crippen LogP contribution is 2.08. The number of nitrogens with two attached hydrogens (primary N) is 1. The van der Waals surface area contributed by atoms with Gasteiger partial charge in [-0.25, -0.2) is 4.79 Å². The molecule has 0 aliphatic carbocycles. The van der Waals surface area contributed by atoms with Gasteiger partial charge in [-0.15, -0.1) is 0 Å². The number of ether oxygens (including phenoxy) is 1. The molecule has 0 aromatic heterocycles. The maximum Gasteiger partial charge on any atom is 0.407 e. The van der Waals surface area contributed by atoms with Crippen molar-refractivity contribution in [1.82, 2.24) is 10.6 Å². The lowest BCUT2D eigenvalue weighted by Crippen LogP contribution is -2.49. The van der Waals surface area contributed by atoms with E-state index >= 15 is 0 Å². The van der Waals surface area contributed by atoms with Gasteiger partial charge in [0.1, 0.15) is 5.60 Å². The Balaban J connectivity index is 4.46. The zero-order valence-corrected chi connectivity index (χ0v) is 15.4. The smallest absolute Gasteiger partial charge is 0.407 e. The number of Topliss-reactive ketones (excluding diaryl/α,β-unsaturated/α-hetero) is 1. The fraction of sp³-hybridized carbons (Fsp3) is 0.800. The molecule has 2 atom stereocenters. The Bertz CT molecular complexity index is 421. The van der Waals surface area contributed by atoms with Gasteiger partial charge in [0, 0.05) is 6.54 Å². The standard InChI is InChI=1S/C15H29N3O4S/c1-9(2)6-10(11(19)7-16)18-13(20)12(23)8-17-14(21)22-15(3,4)5/h9-10,12,23H,6-8,16H2,1-5H3,(H,17,21)(H,18,20)/t10-,12?/m0/s1. The van der Waals surface area contributed by atoms with Crippen LogP contribution in [0.15, 0.2) is 0 Å². The van der Waals surface area contributed by atoms with Crippen LogP contribution in [0.5, 0.6) is 0 Å². The monoisotopic (exact) mass is 347 g/mol. The second kappa shape index (κ2) is 9.77. The van der Waals surface area contributed by atoms with E-state index in [4.69, 9.17) is 10.5 Å². The molecule has 7 nitrogen and oxygen atoms in total. The highest BCUT2D eigenvalue weighted by molar-refractivity contribution is 7.81. The summed E-state index contributed by atoms with van der Waals surface area (Å²) in [5, 5.41) is 4.31. The van der Waals surface area contributed by atoms with E-state index in [9.17, 15) is 14.4 Å². The second-order valence-corrected chi connectivity index (χ2v) is 7.38. The van der Waals surface area contributed by atoms with Crippen LogP contribution >= 0.6 is 12.6 Å². The molecule has 0 fully saturated rings. The molecule has 0 aliphatic rings. The third-order valence-corrected chi connectivity index (χ3v) is 3.17. The molecule has 0 heterocycles. The van der Waals surface area contributed by atoms with Crippen molar-refractivity contribution < 1.29 is 19.1 Å². The molecular weight excluding hydrogens is 318 g/mol. The number of hydrogen-bond acceptors (Lipinski definition) is 6. The summed E-state index contributed by atoms with van der Waals surface area (Å²) in [5.74, 6) is -0.432. The largest absolute Gasteiger partial charge is 0.444 e. The summed E-state index contributed by atoms with van der Waals surface area (Å²) in [5.41, 5.74) is 4.75. The molecule has 0 aliphatic heterocycles. The summed E-state index contributed by atoms with van der Waals surface area (Å²) in [6.07, 6.45) is -0.122. The molecule has 0 bridgehead atoms. The molecular formula is C15H29N3O4S. The van der Waals surface area contributed by atoms with Gasteiger partial charge in [0.25, 0.3) is 0 Å². The zero-order chi connectivity index (χ0) is 18.2. The van der Waals surface area contributed by atoms with Crippen molar-refractivity contribution >= 4 is 30.4 Å². The summed E-state index contributed by atoms with van der Waals surface area (Å²) >= 11 is 4.15. The molecule has 4 N–H and O–H groups in total. The number of thiol groups is 1. The maximum absolute atomic E-state index is 12.1. The van der Waals surface area contributed by atoms with Gasteiger partial charge in [0.2, 0.25) is 5.91 Å². The van der Waals surface area contributed by atoms with Gasteiger partial charge in [-0.2, -0.15) is 12.6 Å². The second-order valence-electron chi connectivity index (χ2n) is 6.76. The molecule has 1 unspecified atom stereocenters. The van der Waals surface area contributed by atoms with Gasteiger partial charge >= 0.3 is 6.09 Å². The number of ketones is 1. The van der Waals surface area contributed by atoms with Crippen molar-refractivity contribution in [2.24, 2.45) is 11.7 Å². The van der Waals surface area contributed by atoms with Crippen LogP contribution in [0, 0.1) is 5.92 Å². The Morgan fingerprint density at radius 2 is 1.78 bits per heavy atom. The maximum atomic E-state index is 12.1. The minimum Gasteiger partial charge on any atom is -0.444 e. The lowest BCUT2D eigenvalue weighted by atomic mass is 10.00. The third kappa shape index (κ3) is 10.2. The van der Waals surface area contributed by atoms with Gasteiger partial charge in [-0.05, 0) is 33.1 Å².